The van der Waals surface area contributed by atoms with Crippen molar-refractivity contribution in [3.8, 4) is 0 Å². The lowest BCUT2D eigenvalue weighted by atomic mass is 9.74. The normalized spacial score (nSPS) is 20.0. The zero-order valence-electron chi connectivity index (χ0n) is 17.4. The van der Waals surface area contributed by atoms with Crippen LogP contribution in [0.25, 0.3) is 0 Å². The van der Waals surface area contributed by atoms with E-state index in [4.69, 9.17) is 10.5 Å². The Hall–Kier alpha value is -3.33. The quantitative estimate of drug-likeness (QED) is 0.717. The highest BCUT2D eigenvalue weighted by Crippen LogP contribution is 2.35. The molecule has 32 heavy (non-hydrogen) atoms. The molecule has 2 amide bonds. The summed E-state index contributed by atoms with van der Waals surface area (Å²) in [6.45, 7) is 1.29. The lowest BCUT2D eigenvalue weighted by Gasteiger charge is -2.38. The number of amides is 2. The molecule has 1 unspecified atom stereocenters. The molecule has 7 nitrogen and oxygen atoms in total. The number of hydrazone groups is 1. The SMILES string of the molecule is NC(=O)C1CC(C(=O)NCC2(c3cccc(F)c3)CCOCC2)=NN1c1ccc(F)cc1. The average Bonchev–Trinajstić information content (AvgIpc) is 3.25. The van der Waals surface area contributed by atoms with Gasteiger partial charge < -0.3 is 15.8 Å². The van der Waals surface area contributed by atoms with Gasteiger partial charge >= 0.3 is 0 Å². The highest BCUT2D eigenvalue weighted by molar-refractivity contribution is 6.40. The molecule has 2 aromatic carbocycles. The van der Waals surface area contributed by atoms with Gasteiger partial charge in [-0.1, -0.05) is 12.1 Å². The number of hydrogen-bond acceptors (Lipinski definition) is 5. The smallest absolute Gasteiger partial charge is 0.267 e. The number of halogens is 2. The van der Waals surface area contributed by atoms with Crippen LogP contribution in [0.4, 0.5) is 14.5 Å². The van der Waals surface area contributed by atoms with Gasteiger partial charge in [0.1, 0.15) is 23.4 Å². The molecule has 4 rings (SSSR count). The van der Waals surface area contributed by atoms with Crippen molar-refractivity contribution in [3.05, 3.63) is 65.7 Å². The van der Waals surface area contributed by atoms with Crippen molar-refractivity contribution in [3.63, 3.8) is 0 Å². The lowest BCUT2D eigenvalue weighted by molar-refractivity contribution is -0.119. The molecule has 2 aliphatic heterocycles. The summed E-state index contributed by atoms with van der Waals surface area (Å²) in [7, 11) is 0. The summed E-state index contributed by atoms with van der Waals surface area (Å²) >= 11 is 0. The maximum Gasteiger partial charge on any atom is 0.267 e. The zero-order chi connectivity index (χ0) is 22.7. The first-order valence-corrected chi connectivity index (χ1v) is 10.4. The number of benzene rings is 2. The molecule has 2 aromatic rings. The summed E-state index contributed by atoms with van der Waals surface area (Å²) in [4.78, 5) is 24.9. The number of anilines is 1. The van der Waals surface area contributed by atoms with Gasteiger partial charge in [-0.15, -0.1) is 0 Å². The van der Waals surface area contributed by atoms with E-state index in [0.29, 0.717) is 31.7 Å². The summed E-state index contributed by atoms with van der Waals surface area (Å²) in [5.41, 5.74) is 6.46. The van der Waals surface area contributed by atoms with Gasteiger partial charge in [-0.2, -0.15) is 5.10 Å². The third-order valence-electron chi connectivity index (χ3n) is 6.07. The molecular weight excluding hydrogens is 418 g/mol. The van der Waals surface area contributed by atoms with Crippen molar-refractivity contribution in [2.45, 2.75) is 30.7 Å². The van der Waals surface area contributed by atoms with Gasteiger partial charge in [0, 0.05) is 31.6 Å². The number of hydrogen-bond donors (Lipinski definition) is 2. The van der Waals surface area contributed by atoms with E-state index in [2.05, 4.69) is 10.4 Å². The lowest BCUT2D eigenvalue weighted by Crippen LogP contribution is -2.46. The molecule has 0 bridgehead atoms. The first-order chi connectivity index (χ1) is 15.4. The Morgan fingerprint density at radius 2 is 1.84 bits per heavy atom. The van der Waals surface area contributed by atoms with Crippen LogP contribution in [0.3, 0.4) is 0 Å². The number of nitrogens with two attached hydrogens (primary N) is 1. The summed E-state index contributed by atoms with van der Waals surface area (Å²) < 4.78 is 32.6. The molecule has 1 atom stereocenters. The third kappa shape index (κ3) is 4.47. The van der Waals surface area contributed by atoms with E-state index in [0.717, 1.165) is 5.56 Å². The number of carbonyl (C=O) groups is 2. The topological polar surface area (TPSA) is 97.0 Å². The van der Waals surface area contributed by atoms with Crippen LogP contribution in [0.2, 0.25) is 0 Å². The Labute approximate surface area is 184 Å². The molecule has 9 heteroatoms. The van der Waals surface area contributed by atoms with Gasteiger partial charge in [0.15, 0.2) is 0 Å². The molecular formula is C23H24F2N4O3. The Morgan fingerprint density at radius 3 is 2.50 bits per heavy atom. The molecule has 0 aliphatic carbocycles. The van der Waals surface area contributed by atoms with E-state index < -0.39 is 29.1 Å². The molecule has 0 aromatic heterocycles. The maximum absolute atomic E-state index is 13.9. The molecule has 0 saturated carbocycles. The minimum absolute atomic E-state index is 0.0363. The van der Waals surface area contributed by atoms with E-state index in [-0.39, 0.29) is 24.5 Å². The molecule has 3 N–H and O–H groups in total. The van der Waals surface area contributed by atoms with Gasteiger partial charge in [0.25, 0.3) is 5.91 Å². The van der Waals surface area contributed by atoms with Crippen LogP contribution < -0.4 is 16.1 Å². The van der Waals surface area contributed by atoms with Crippen molar-refractivity contribution in [1.29, 1.82) is 0 Å². The van der Waals surface area contributed by atoms with Crippen molar-refractivity contribution < 1.29 is 23.1 Å². The van der Waals surface area contributed by atoms with Crippen LogP contribution in [0.5, 0.6) is 0 Å². The summed E-state index contributed by atoms with van der Waals surface area (Å²) in [5, 5.41) is 8.54. The molecule has 168 valence electrons. The van der Waals surface area contributed by atoms with Crippen molar-refractivity contribution in [1.82, 2.24) is 5.32 Å². The van der Waals surface area contributed by atoms with Crippen LogP contribution in [0.1, 0.15) is 24.8 Å². The van der Waals surface area contributed by atoms with Crippen LogP contribution in [0.15, 0.2) is 53.6 Å². The second kappa shape index (κ2) is 9.04. The molecule has 1 saturated heterocycles. The van der Waals surface area contributed by atoms with Crippen molar-refractivity contribution in [2.75, 3.05) is 24.8 Å². The van der Waals surface area contributed by atoms with E-state index in [1.165, 1.54) is 41.4 Å². The number of nitrogens with zero attached hydrogens (tertiary/aromatic N) is 2. The highest BCUT2D eigenvalue weighted by Gasteiger charge is 2.38. The van der Waals surface area contributed by atoms with Crippen LogP contribution >= 0.6 is 0 Å². The minimum Gasteiger partial charge on any atom is -0.381 e. The number of ether oxygens (including phenoxy) is 1. The second-order valence-corrected chi connectivity index (χ2v) is 8.08. The van der Waals surface area contributed by atoms with Crippen molar-refractivity contribution >= 4 is 23.2 Å². The Morgan fingerprint density at radius 1 is 1.12 bits per heavy atom. The summed E-state index contributed by atoms with van der Waals surface area (Å²) in [6.07, 6.45) is 1.30. The van der Waals surface area contributed by atoms with E-state index in [1.807, 2.05) is 6.07 Å². The fraction of sp³-hybridized carbons (Fsp3) is 0.348. The van der Waals surface area contributed by atoms with Gasteiger partial charge in [-0.25, -0.2) is 8.78 Å². The van der Waals surface area contributed by atoms with Gasteiger partial charge in [0.2, 0.25) is 5.91 Å². The fourth-order valence-corrected chi connectivity index (χ4v) is 4.20. The first-order valence-electron chi connectivity index (χ1n) is 10.4. The zero-order valence-corrected chi connectivity index (χ0v) is 17.4. The van der Waals surface area contributed by atoms with Crippen LogP contribution in [-0.4, -0.2) is 43.3 Å². The van der Waals surface area contributed by atoms with Gasteiger partial charge in [-0.3, -0.25) is 14.6 Å². The number of nitrogens with one attached hydrogen (secondary N) is 1. The van der Waals surface area contributed by atoms with Crippen molar-refractivity contribution in [2.24, 2.45) is 10.8 Å². The third-order valence-corrected chi connectivity index (χ3v) is 6.07. The van der Waals surface area contributed by atoms with Crippen LogP contribution in [-0.2, 0) is 19.7 Å². The summed E-state index contributed by atoms with van der Waals surface area (Å²) in [6, 6.07) is 11.0. The molecule has 2 aliphatic rings. The minimum atomic E-state index is -0.846. The molecule has 2 heterocycles. The predicted octanol–water partition coefficient (Wildman–Crippen LogP) is 2.25. The number of primary amides is 1. The Bertz CT molecular complexity index is 1040. The predicted molar refractivity (Wildman–Crippen MR) is 115 cm³/mol. The van der Waals surface area contributed by atoms with Gasteiger partial charge in [-0.05, 0) is 54.8 Å². The fourth-order valence-electron chi connectivity index (χ4n) is 4.20. The monoisotopic (exact) mass is 442 g/mol. The standard InChI is InChI=1S/C23H24F2N4O3/c24-16-4-6-18(7-5-16)29-20(21(26)30)13-19(28-29)22(31)27-14-23(8-10-32-11-9-23)15-2-1-3-17(25)12-15/h1-7,12,20H,8-11,13-14H2,(H2,26,30)(H,27,31). The van der Waals surface area contributed by atoms with Crippen LogP contribution in [0, 0.1) is 11.6 Å². The van der Waals surface area contributed by atoms with E-state index in [1.54, 1.807) is 6.07 Å². The molecule has 0 spiro atoms. The Balaban J connectivity index is 1.52. The second-order valence-electron chi connectivity index (χ2n) is 8.08. The first kappa shape index (κ1) is 21.9. The molecule has 0 radical (unpaired) electrons. The summed E-state index contributed by atoms with van der Waals surface area (Å²) in [5.74, 6) is -1.83. The number of rotatable bonds is 6. The number of carbonyl (C=O) groups excluding carboxylic acids is 2. The molecule has 1 fully saturated rings. The Kier molecular flexibility index (Phi) is 6.18. The van der Waals surface area contributed by atoms with E-state index >= 15 is 0 Å². The van der Waals surface area contributed by atoms with E-state index in [9.17, 15) is 18.4 Å². The highest BCUT2D eigenvalue weighted by atomic mass is 19.1. The van der Waals surface area contributed by atoms with Gasteiger partial charge in [0.05, 0.1) is 5.69 Å². The largest absolute Gasteiger partial charge is 0.381 e. The average molecular weight is 442 g/mol. The maximum atomic E-state index is 13.9.